The first-order valence-electron chi connectivity index (χ1n) is 7.14. The lowest BCUT2D eigenvalue weighted by molar-refractivity contribution is -0.139. The summed E-state index contributed by atoms with van der Waals surface area (Å²) in [4.78, 5) is 41.3. The quantitative estimate of drug-likeness (QED) is 0.625. The van der Waals surface area contributed by atoms with E-state index in [0.717, 1.165) is 0 Å². The van der Waals surface area contributed by atoms with Gasteiger partial charge >= 0.3 is 12.1 Å². The van der Waals surface area contributed by atoms with E-state index in [1.54, 1.807) is 20.8 Å². The smallest absolute Gasteiger partial charge is 0.408 e. The standard InChI is InChI=1S/C14H19N5O5/c1-14(2,3)24-13(23)16-8(11(21)22)6-19-5-4-7-9(19)17-12(15)18-10(7)20/h4-5,8H,6H2,1-3H3,(H,16,23)(H,21,22)(H3,15,17,18,20)/t8-/m0/s1. The molecule has 2 aromatic heterocycles. The van der Waals surface area contributed by atoms with Gasteiger partial charge in [-0.3, -0.25) is 9.78 Å². The summed E-state index contributed by atoms with van der Waals surface area (Å²) in [6.07, 6.45) is 0.649. The van der Waals surface area contributed by atoms with Crippen molar-refractivity contribution in [1.82, 2.24) is 19.9 Å². The number of hydrogen-bond acceptors (Lipinski definition) is 6. The van der Waals surface area contributed by atoms with Gasteiger partial charge in [-0.05, 0) is 26.8 Å². The number of H-pyrrole nitrogens is 1. The Balaban J connectivity index is 2.24. The van der Waals surface area contributed by atoms with Gasteiger partial charge in [-0.25, -0.2) is 9.59 Å². The van der Waals surface area contributed by atoms with Crippen LogP contribution >= 0.6 is 0 Å². The summed E-state index contributed by atoms with van der Waals surface area (Å²) >= 11 is 0. The number of nitrogen functional groups attached to an aromatic ring is 1. The molecule has 0 saturated heterocycles. The topological polar surface area (TPSA) is 152 Å². The molecule has 24 heavy (non-hydrogen) atoms. The second-order valence-electron chi connectivity index (χ2n) is 6.19. The Morgan fingerprint density at radius 1 is 1.50 bits per heavy atom. The van der Waals surface area contributed by atoms with E-state index in [1.165, 1.54) is 16.8 Å². The molecular formula is C14H19N5O5. The van der Waals surface area contributed by atoms with Crippen LogP contribution in [0.4, 0.5) is 10.7 Å². The van der Waals surface area contributed by atoms with E-state index in [2.05, 4.69) is 15.3 Å². The van der Waals surface area contributed by atoms with Crippen LogP contribution in [-0.2, 0) is 16.1 Å². The van der Waals surface area contributed by atoms with Gasteiger partial charge in [0.15, 0.2) is 0 Å². The zero-order chi connectivity index (χ0) is 18.1. The van der Waals surface area contributed by atoms with E-state index in [4.69, 9.17) is 10.5 Å². The predicted molar refractivity (Wildman–Crippen MR) is 85.6 cm³/mol. The highest BCUT2D eigenvalue weighted by atomic mass is 16.6. The largest absolute Gasteiger partial charge is 0.480 e. The SMILES string of the molecule is CC(C)(C)OC(=O)N[C@@H](Cn1ccc2c(=O)[nH]c(N)nc21)C(=O)O. The second-order valence-corrected chi connectivity index (χ2v) is 6.19. The number of rotatable bonds is 4. The second kappa shape index (κ2) is 6.22. The van der Waals surface area contributed by atoms with Crippen molar-refractivity contribution in [3.05, 3.63) is 22.6 Å². The number of hydrogen-bond donors (Lipinski definition) is 4. The fraction of sp³-hybridized carbons (Fsp3) is 0.429. The third-order valence-electron chi connectivity index (χ3n) is 3.02. The molecule has 2 rings (SSSR count). The molecule has 0 saturated carbocycles. The molecule has 0 spiro atoms. The third-order valence-corrected chi connectivity index (χ3v) is 3.02. The van der Waals surface area contributed by atoms with Gasteiger partial charge in [0.25, 0.3) is 5.56 Å². The minimum absolute atomic E-state index is 0.0839. The van der Waals surface area contributed by atoms with Gasteiger partial charge in [-0.2, -0.15) is 4.98 Å². The molecule has 0 fully saturated rings. The van der Waals surface area contributed by atoms with E-state index in [9.17, 15) is 19.5 Å². The van der Waals surface area contributed by atoms with Gasteiger partial charge in [0.1, 0.15) is 17.3 Å². The maximum atomic E-state index is 11.8. The normalized spacial score (nSPS) is 12.8. The van der Waals surface area contributed by atoms with Crippen molar-refractivity contribution in [1.29, 1.82) is 0 Å². The Kier molecular flexibility index (Phi) is 4.49. The summed E-state index contributed by atoms with van der Waals surface area (Å²) in [6.45, 7) is 4.86. The third kappa shape index (κ3) is 4.03. The van der Waals surface area contributed by atoms with E-state index in [1.807, 2.05) is 0 Å². The first kappa shape index (κ1) is 17.3. The molecule has 130 valence electrons. The average Bonchev–Trinajstić information content (AvgIpc) is 2.79. The lowest BCUT2D eigenvalue weighted by Gasteiger charge is -2.22. The summed E-state index contributed by atoms with van der Waals surface area (Å²) in [5.74, 6) is -1.33. The fourth-order valence-corrected chi connectivity index (χ4v) is 2.07. The van der Waals surface area contributed by atoms with Gasteiger partial charge in [-0.15, -0.1) is 0 Å². The van der Waals surface area contributed by atoms with Crippen LogP contribution in [0, 0.1) is 0 Å². The average molecular weight is 337 g/mol. The molecule has 2 heterocycles. The number of aromatic amines is 1. The number of nitrogens with one attached hydrogen (secondary N) is 2. The van der Waals surface area contributed by atoms with Crippen LogP contribution in [0.2, 0.25) is 0 Å². The Morgan fingerprint density at radius 2 is 2.17 bits per heavy atom. The van der Waals surface area contributed by atoms with Crippen molar-refractivity contribution in [3.63, 3.8) is 0 Å². The van der Waals surface area contributed by atoms with Gasteiger partial charge in [0.2, 0.25) is 5.95 Å². The van der Waals surface area contributed by atoms with Gasteiger partial charge in [0.05, 0.1) is 11.9 Å². The van der Waals surface area contributed by atoms with Crippen LogP contribution in [0.25, 0.3) is 11.0 Å². The number of carboxylic acids is 1. The van der Waals surface area contributed by atoms with Crippen LogP contribution in [0.5, 0.6) is 0 Å². The lowest BCUT2D eigenvalue weighted by atomic mass is 10.2. The van der Waals surface area contributed by atoms with E-state index < -0.39 is 29.3 Å². The van der Waals surface area contributed by atoms with Crippen LogP contribution in [-0.4, -0.2) is 43.3 Å². The number of alkyl carbamates (subject to hydrolysis) is 1. The van der Waals surface area contributed by atoms with Crippen molar-refractivity contribution >= 4 is 29.0 Å². The maximum Gasteiger partial charge on any atom is 0.408 e. The predicted octanol–water partition coefficient (Wildman–Crippen LogP) is 0.285. The zero-order valence-electron chi connectivity index (χ0n) is 13.5. The first-order chi connectivity index (χ1) is 11.1. The van der Waals surface area contributed by atoms with Crippen LogP contribution in [0.3, 0.4) is 0 Å². The van der Waals surface area contributed by atoms with Crippen LogP contribution in [0.1, 0.15) is 20.8 Å². The van der Waals surface area contributed by atoms with E-state index in [-0.39, 0.29) is 23.5 Å². The van der Waals surface area contributed by atoms with Gasteiger partial charge in [-0.1, -0.05) is 0 Å². The number of ether oxygens (including phenoxy) is 1. The van der Waals surface area contributed by atoms with Crippen molar-refractivity contribution in [2.75, 3.05) is 5.73 Å². The number of carbonyl (C=O) groups excluding carboxylic acids is 1. The van der Waals surface area contributed by atoms with Gasteiger partial charge < -0.3 is 25.5 Å². The van der Waals surface area contributed by atoms with Crippen molar-refractivity contribution < 1.29 is 19.4 Å². The molecule has 0 radical (unpaired) electrons. The number of aliphatic carboxylic acids is 1. The Bertz CT molecular complexity index is 832. The maximum absolute atomic E-state index is 11.8. The summed E-state index contributed by atoms with van der Waals surface area (Å²) in [7, 11) is 0. The molecule has 0 bridgehead atoms. The number of anilines is 1. The number of amides is 1. The Morgan fingerprint density at radius 3 is 2.75 bits per heavy atom. The molecule has 0 unspecified atom stereocenters. The zero-order valence-corrected chi connectivity index (χ0v) is 13.5. The van der Waals surface area contributed by atoms with Crippen molar-refractivity contribution in [2.45, 2.75) is 39.0 Å². The van der Waals surface area contributed by atoms with Crippen LogP contribution < -0.4 is 16.6 Å². The Labute approximate surface area is 136 Å². The highest BCUT2D eigenvalue weighted by molar-refractivity contribution is 5.81. The van der Waals surface area contributed by atoms with Crippen molar-refractivity contribution in [3.8, 4) is 0 Å². The number of fused-ring (bicyclic) bond motifs is 1. The highest BCUT2D eigenvalue weighted by Gasteiger charge is 2.25. The molecule has 10 heteroatoms. The molecule has 1 amide bonds. The Hall–Kier alpha value is -3.04. The van der Waals surface area contributed by atoms with Crippen molar-refractivity contribution in [2.24, 2.45) is 0 Å². The number of nitrogens with zero attached hydrogens (tertiary/aromatic N) is 2. The number of carbonyl (C=O) groups is 2. The fourth-order valence-electron chi connectivity index (χ4n) is 2.07. The molecule has 1 atom stereocenters. The molecule has 0 aliphatic heterocycles. The molecular weight excluding hydrogens is 318 g/mol. The molecule has 10 nitrogen and oxygen atoms in total. The first-order valence-corrected chi connectivity index (χ1v) is 7.14. The monoisotopic (exact) mass is 337 g/mol. The molecule has 0 aromatic carbocycles. The summed E-state index contributed by atoms with van der Waals surface area (Å²) < 4.78 is 6.48. The van der Waals surface area contributed by atoms with E-state index in [0.29, 0.717) is 0 Å². The number of carboxylic acid groups (broad SMARTS) is 1. The lowest BCUT2D eigenvalue weighted by Crippen LogP contribution is -2.45. The van der Waals surface area contributed by atoms with E-state index >= 15 is 0 Å². The minimum atomic E-state index is -1.27. The minimum Gasteiger partial charge on any atom is -0.480 e. The number of nitrogens with two attached hydrogens (primary N) is 1. The summed E-state index contributed by atoms with van der Waals surface area (Å²) in [6, 6.07) is 0.227. The number of aromatic nitrogens is 3. The van der Waals surface area contributed by atoms with Crippen LogP contribution in [0.15, 0.2) is 17.1 Å². The molecule has 2 aromatic rings. The summed E-state index contributed by atoms with van der Waals surface area (Å²) in [5.41, 5.74) is 4.56. The summed E-state index contributed by atoms with van der Waals surface area (Å²) in [5, 5.41) is 11.9. The molecule has 0 aliphatic rings. The molecule has 0 aliphatic carbocycles. The molecule has 5 N–H and O–H groups in total. The van der Waals surface area contributed by atoms with Gasteiger partial charge in [0, 0.05) is 6.20 Å². The highest BCUT2D eigenvalue weighted by Crippen LogP contribution is 2.11.